The molecule has 2 N–H and O–H groups in total. The van der Waals surface area contributed by atoms with Crippen LogP contribution in [0.1, 0.15) is 18.9 Å². The third kappa shape index (κ3) is 4.54. The third-order valence-corrected chi connectivity index (χ3v) is 3.29. The molecule has 0 amide bonds. The maximum atomic E-state index is 6.03. The van der Waals surface area contributed by atoms with E-state index in [0.29, 0.717) is 0 Å². The summed E-state index contributed by atoms with van der Waals surface area (Å²) in [4.78, 5) is 1.11. The van der Waals surface area contributed by atoms with Crippen LogP contribution in [0.3, 0.4) is 0 Å². The summed E-state index contributed by atoms with van der Waals surface area (Å²) >= 11 is 1.76. The van der Waals surface area contributed by atoms with Gasteiger partial charge in [0.05, 0.1) is 0 Å². The third-order valence-electron chi connectivity index (χ3n) is 2.33. The molecule has 15 heavy (non-hydrogen) atoms. The van der Waals surface area contributed by atoms with Gasteiger partial charge in [0.1, 0.15) is 0 Å². The standard InChI is InChI=1S/C13H19NS/c1-3-15-11(2)13(14)10-9-12-7-5-4-6-8-12/h4-8,13H,2-3,9-10,14H2,1H3. The van der Waals surface area contributed by atoms with Crippen molar-refractivity contribution >= 4 is 11.8 Å². The van der Waals surface area contributed by atoms with Gasteiger partial charge in [0.2, 0.25) is 0 Å². The van der Waals surface area contributed by atoms with E-state index < -0.39 is 0 Å². The van der Waals surface area contributed by atoms with Gasteiger partial charge in [-0.05, 0) is 29.1 Å². The summed E-state index contributed by atoms with van der Waals surface area (Å²) in [5, 5.41) is 0. The lowest BCUT2D eigenvalue weighted by molar-refractivity contribution is 0.714. The van der Waals surface area contributed by atoms with Crippen LogP contribution >= 0.6 is 11.8 Å². The number of benzene rings is 1. The SMILES string of the molecule is C=C(SCC)C(N)CCc1ccccc1. The van der Waals surface area contributed by atoms with E-state index in [4.69, 9.17) is 5.73 Å². The first-order valence-electron chi connectivity index (χ1n) is 5.35. The molecular weight excluding hydrogens is 202 g/mol. The molecule has 0 fully saturated rings. The van der Waals surface area contributed by atoms with Gasteiger partial charge in [-0.2, -0.15) is 0 Å². The Labute approximate surface area is 96.8 Å². The Morgan fingerprint density at radius 2 is 2.07 bits per heavy atom. The van der Waals surface area contributed by atoms with Crippen molar-refractivity contribution in [1.82, 2.24) is 0 Å². The van der Waals surface area contributed by atoms with Gasteiger partial charge in [0.25, 0.3) is 0 Å². The minimum absolute atomic E-state index is 0.121. The van der Waals surface area contributed by atoms with Gasteiger partial charge in [0, 0.05) is 6.04 Å². The molecule has 1 atom stereocenters. The van der Waals surface area contributed by atoms with Gasteiger partial charge in [-0.25, -0.2) is 0 Å². The Balaban J connectivity index is 2.34. The maximum Gasteiger partial charge on any atom is 0.0352 e. The van der Waals surface area contributed by atoms with E-state index in [0.717, 1.165) is 23.5 Å². The van der Waals surface area contributed by atoms with Crippen LogP contribution < -0.4 is 5.73 Å². The Morgan fingerprint density at radius 3 is 2.67 bits per heavy atom. The van der Waals surface area contributed by atoms with E-state index in [1.807, 2.05) is 6.07 Å². The quantitative estimate of drug-likeness (QED) is 0.798. The largest absolute Gasteiger partial charge is 0.324 e. The molecule has 0 aliphatic carbocycles. The van der Waals surface area contributed by atoms with Crippen LogP contribution in [-0.2, 0) is 6.42 Å². The van der Waals surface area contributed by atoms with Crippen LogP contribution in [0, 0.1) is 0 Å². The smallest absolute Gasteiger partial charge is 0.0352 e. The van der Waals surface area contributed by atoms with E-state index in [1.165, 1.54) is 5.56 Å². The lowest BCUT2D eigenvalue weighted by Crippen LogP contribution is -2.21. The molecule has 0 spiro atoms. The number of hydrogen-bond acceptors (Lipinski definition) is 2. The lowest BCUT2D eigenvalue weighted by atomic mass is 10.1. The molecule has 1 aromatic rings. The van der Waals surface area contributed by atoms with Crippen LogP contribution in [0.15, 0.2) is 41.8 Å². The average Bonchev–Trinajstić information content (AvgIpc) is 2.27. The Morgan fingerprint density at radius 1 is 1.40 bits per heavy atom. The normalized spacial score (nSPS) is 12.4. The van der Waals surface area contributed by atoms with Crippen LogP contribution in [0.5, 0.6) is 0 Å². The molecule has 0 aromatic heterocycles. The zero-order chi connectivity index (χ0) is 11.1. The highest BCUT2D eigenvalue weighted by Crippen LogP contribution is 2.18. The molecule has 82 valence electrons. The van der Waals surface area contributed by atoms with Gasteiger partial charge in [-0.15, -0.1) is 11.8 Å². The summed E-state index contributed by atoms with van der Waals surface area (Å²) in [5.41, 5.74) is 7.38. The predicted octanol–water partition coefficient (Wildman–Crippen LogP) is 3.21. The molecule has 0 saturated heterocycles. The second-order valence-corrected chi connectivity index (χ2v) is 4.92. The van der Waals surface area contributed by atoms with Crippen LogP contribution in [0.4, 0.5) is 0 Å². The van der Waals surface area contributed by atoms with Crippen LogP contribution in [0.25, 0.3) is 0 Å². The van der Waals surface area contributed by atoms with E-state index in [1.54, 1.807) is 11.8 Å². The molecule has 0 radical (unpaired) electrons. The molecule has 2 heteroatoms. The minimum atomic E-state index is 0.121. The van der Waals surface area contributed by atoms with Crippen molar-refractivity contribution in [2.45, 2.75) is 25.8 Å². The first-order valence-corrected chi connectivity index (χ1v) is 6.33. The van der Waals surface area contributed by atoms with Crippen molar-refractivity contribution in [3.63, 3.8) is 0 Å². The highest BCUT2D eigenvalue weighted by atomic mass is 32.2. The second-order valence-electron chi connectivity index (χ2n) is 3.53. The molecule has 0 bridgehead atoms. The van der Waals surface area contributed by atoms with Crippen molar-refractivity contribution in [2.75, 3.05) is 5.75 Å². The number of rotatable bonds is 6. The number of nitrogens with two attached hydrogens (primary N) is 1. The van der Waals surface area contributed by atoms with Crippen molar-refractivity contribution in [3.8, 4) is 0 Å². The maximum absolute atomic E-state index is 6.03. The van der Waals surface area contributed by atoms with Crippen molar-refractivity contribution in [1.29, 1.82) is 0 Å². The highest BCUT2D eigenvalue weighted by Gasteiger charge is 2.06. The first kappa shape index (κ1) is 12.3. The Kier molecular flexibility index (Phi) is 5.51. The number of hydrogen-bond donors (Lipinski definition) is 1. The van der Waals surface area contributed by atoms with E-state index in [2.05, 4.69) is 37.8 Å². The molecule has 1 rings (SSSR count). The molecule has 0 aliphatic heterocycles. The fraction of sp³-hybridized carbons (Fsp3) is 0.385. The van der Waals surface area contributed by atoms with Crippen LogP contribution in [-0.4, -0.2) is 11.8 Å². The predicted molar refractivity (Wildman–Crippen MR) is 70.0 cm³/mol. The minimum Gasteiger partial charge on any atom is -0.324 e. The molecular formula is C13H19NS. The zero-order valence-corrected chi connectivity index (χ0v) is 10.1. The van der Waals surface area contributed by atoms with Crippen molar-refractivity contribution in [3.05, 3.63) is 47.4 Å². The van der Waals surface area contributed by atoms with Crippen molar-refractivity contribution < 1.29 is 0 Å². The van der Waals surface area contributed by atoms with E-state index >= 15 is 0 Å². The highest BCUT2D eigenvalue weighted by molar-refractivity contribution is 8.03. The summed E-state index contributed by atoms with van der Waals surface area (Å²) in [6.07, 6.45) is 2.02. The van der Waals surface area contributed by atoms with Gasteiger partial charge in [-0.1, -0.05) is 43.8 Å². The van der Waals surface area contributed by atoms with E-state index in [-0.39, 0.29) is 6.04 Å². The van der Waals surface area contributed by atoms with Gasteiger partial charge >= 0.3 is 0 Å². The summed E-state index contributed by atoms with van der Waals surface area (Å²) in [6.45, 7) is 6.12. The fourth-order valence-corrected chi connectivity index (χ4v) is 2.12. The number of thioether (sulfide) groups is 1. The average molecular weight is 221 g/mol. The molecule has 1 nitrogen and oxygen atoms in total. The number of aryl methyl sites for hydroxylation is 1. The Bertz CT molecular complexity index is 295. The van der Waals surface area contributed by atoms with Gasteiger partial charge in [-0.3, -0.25) is 0 Å². The monoisotopic (exact) mass is 221 g/mol. The van der Waals surface area contributed by atoms with Gasteiger partial charge in [0.15, 0.2) is 0 Å². The molecule has 0 heterocycles. The Hall–Kier alpha value is -0.730. The molecule has 0 saturated carbocycles. The molecule has 0 aliphatic rings. The summed E-state index contributed by atoms with van der Waals surface area (Å²) in [7, 11) is 0. The molecule has 1 aromatic carbocycles. The first-order chi connectivity index (χ1) is 7.24. The summed E-state index contributed by atoms with van der Waals surface area (Å²) < 4.78 is 0. The second kappa shape index (κ2) is 6.70. The van der Waals surface area contributed by atoms with Gasteiger partial charge < -0.3 is 5.73 Å². The molecule has 1 unspecified atom stereocenters. The summed E-state index contributed by atoms with van der Waals surface area (Å²) in [5.74, 6) is 1.05. The van der Waals surface area contributed by atoms with Crippen molar-refractivity contribution in [2.24, 2.45) is 5.73 Å². The van der Waals surface area contributed by atoms with Crippen LogP contribution in [0.2, 0.25) is 0 Å². The fourth-order valence-electron chi connectivity index (χ4n) is 1.42. The van der Waals surface area contributed by atoms with E-state index in [9.17, 15) is 0 Å². The topological polar surface area (TPSA) is 26.0 Å². The zero-order valence-electron chi connectivity index (χ0n) is 9.28. The summed E-state index contributed by atoms with van der Waals surface area (Å²) in [6, 6.07) is 10.6. The lowest BCUT2D eigenvalue weighted by Gasteiger charge is -2.13.